The first-order chi connectivity index (χ1) is 9.10. The summed E-state index contributed by atoms with van der Waals surface area (Å²) < 4.78 is 15.8. The predicted molar refractivity (Wildman–Crippen MR) is 73.4 cm³/mol. The lowest BCUT2D eigenvalue weighted by Gasteiger charge is -2.24. The van der Waals surface area contributed by atoms with Gasteiger partial charge in [-0.3, -0.25) is 4.57 Å². The fourth-order valence-electron chi connectivity index (χ4n) is 2.64. The SMILES string of the molecule is CC1(c2cncn2-c2cc(Cl)ccc2F)CCNC1. The number of imidazole rings is 1. The molecule has 0 aliphatic carbocycles. The standard InChI is InChI=1S/C14H15ClFN3/c1-14(4-5-17-8-14)13-7-18-9-19(13)12-6-10(15)2-3-11(12)16/h2-3,6-7,9,17H,4-5,8H2,1H3. The van der Waals surface area contributed by atoms with Crippen molar-refractivity contribution < 1.29 is 4.39 Å². The number of benzene rings is 1. The van der Waals surface area contributed by atoms with E-state index in [9.17, 15) is 4.39 Å². The number of halogens is 2. The van der Waals surface area contributed by atoms with Gasteiger partial charge in [0.25, 0.3) is 0 Å². The summed E-state index contributed by atoms with van der Waals surface area (Å²) in [7, 11) is 0. The molecule has 0 radical (unpaired) electrons. The van der Waals surface area contributed by atoms with E-state index in [1.807, 2.05) is 6.20 Å². The molecular formula is C14H15ClFN3. The minimum atomic E-state index is -0.293. The molecule has 1 aromatic heterocycles. The first-order valence-electron chi connectivity index (χ1n) is 6.29. The first kappa shape index (κ1) is 12.6. The number of nitrogens with one attached hydrogen (secondary N) is 1. The molecule has 0 bridgehead atoms. The van der Waals surface area contributed by atoms with Crippen molar-refractivity contribution in [3.8, 4) is 5.69 Å². The summed E-state index contributed by atoms with van der Waals surface area (Å²) in [5, 5.41) is 3.86. The largest absolute Gasteiger partial charge is 0.316 e. The Morgan fingerprint density at radius 3 is 3.05 bits per heavy atom. The molecular weight excluding hydrogens is 265 g/mol. The molecule has 5 heteroatoms. The Kier molecular flexibility index (Phi) is 3.07. The number of hydrogen-bond acceptors (Lipinski definition) is 2. The molecule has 0 spiro atoms. The van der Waals surface area contributed by atoms with Crippen LogP contribution in [0, 0.1) is 5.82 Å². The van der Waals surface area contributed by atoms with Gasteiger partial charge in [0, 0.05) is 28.9 Å². The van der Waals surface area contributed by atoms with Crippen LogP contribution in [-0.4, -0.2) is 22.6 Å². The van der Waals surface area contributed by atoms with Gasteiger partial charge in [-0.2, -0.15) is 0 Å². The Hall–Kier alpha value is -1.39. The second-order valence-electron chi connectivity index (χ2n) is 5.23. The van der Waals surface area contributed by atoms with Crippen molar-refractivity contribution in [3.63, 3.8) is 0 Å². The van der Waals surface area contributed by atoms with E-state index >= 15 is 0 Å². The van der Waals surface area contributed by atoms with E-state index in [4.69, 9.17) is 11.6 Å². The molecule has 1 atom stereocenters. The van der Waals surface area contributed by atoms with Crippen molar-refractivity contribution in [2.75, 3.05) is 13.1 Å². The van der Waals surface area contributed by atoms with Crippen LogP contribution in [0.25, 0.3) is 5.69 Å². The molecule has 100 valence electrons. The Morgan fingerprint density at radius 1 is 1.47 bits per heavy atom. The van der Waals surface area contributed by atoms with Crippen LogP contribution in [-0.2, 0) is 5.41 Å². The number of hydrogen-bond donors (Lipinski definition) is 1. The zero-order valence-corrected chi connectivity index (χ0v) is 11.4. The zero-order chi connectivity index (χ0) is 13.5. The van der Waals surface area contributed by atoms with Crippen molar-refractivity contribution in [1.29, 1.82) is 0 Å². The number of rotatable bonds is 2. The smallest absolute Gasteiger partial charge is 0.147 e. The van der Waals surface area contributed by atoms with E-state index in [2.05, 4.69) is 17.2 Å². The maximum Gasteiger partial charge on any atom is 0.147 e. The van der Waals surface area contributed by atoms with Crippen LogP contribution >= 0.6 is 11.6 Å². The van der Waals surface area contributed by atoms with Gasteiger partial charge in [0.05, 0.1) is 12.0 Å². The molecule has 1 N–H and O–H groups in total. The average molecular weight is 280 g/mol. The monoisotopic (exact) mass is 279 g/mol. The Morgan fingerprint density at radius 2 is 2.32 bits per heavy atom. The Balaban J connectivity index is 2.12. The molecule has 0 amide bonds. The lowest BCUT2D eigenvalue weighted by atomic mass is 9.86. The quantitative estimate of drug-likeness (QED) is 0.916. The van der Waals surface area contributed by atoms with Crippen LogP contribution in [0.2, 0.25) is 5.02 Å². The van der Waals surface area contributed by atoms with E-state index in [0.29, 0.717) is 10.7 Å². The van der Waals surface area contributed by atoms with Crippen molar-refractivity contribution in [1.82, 2.24) is 14.9 Å². The lowest BCUT2D eigenvalue weighted by molar-refractivity contribution is 0.495. The Labute approximate surface area is 116 Å². The molecule has 1 aromatic carbocycles. The minimum Gasteiger partial charge on any atom is -0.316 e. The highest BCUT2D eigenvalue weighted by Crippen LogP contribution is 2.32. The fraction of sp³-hybridized carbons (Fsp3) is 0.357. The molecule has 2 aromatic rings. The van der Waals surface area contributed by atoms with Crippen LogP contribution in [0.5, 0.6) is 0 Å². The minimum absolute atomic E-state index is 0.0226. The highest BCUT2D eigenvalue weighted by Gasteiger charge is 2.34. The van der Waals surface area contributed by atoms with Gasteiger partial charge in [-0.05, 0) is 31.2 Å². The van der Waals surface area contributed by atoms with Crippen LogP contribution < -0.4 is 5.32 Å². The summed E-state index contributed by atoms with van der Waals surface area (Å²) in [4.78, 5) is 4.18. The summed E-state index contributed by atoms with van der Waals surface area (Å²) in [6.07, 6.45) is 4.47. The molecule has 19 heavy (non-hydrogen) atoms. The summed E-state index contributed by atoms with van der Waals surface area (Å²) in [5.74, 6) is -0.293. The van der Waals surface area contributed by atoms with Gasteiger partial charge in [0.1, 0.15) is 5.82 Å². The van der Waals surface area contributed by atoms with Crippen molar-refractivity contribution >= 4 is 11.6 Å². The summed E-state index contributed by atoms with van der Waals surface area (Å²) in [6.45, 7) is 4.02. The van der Waals surface area contributed by atoms with Crippen molar-refractivity contribution in [2.45, 2.75) is 18.8 Å². The molecule has 3 nitrogen and oxygen atoms in total. The fourth-order valence-corrected chi connectivity index (χ4v) is 2.81. The predicted octanol–water partition coefficient (Wildman–Crippen LogP) is 2.92. The van der Waals surface area contributed by atoms with Gasteiger partial charge in [-0.15, -0.1) is 0 Å². The van der Waals surface area contributed by atoms with Gasteiger partial charge in [0.2, 0.25) is 0 Å². The normalized spacial score (nSPS) is 22.9. The third kappa shape index (κ3) is 2.15. The first-order valence-corrected chi connectivity index (χ1v) is 6.67. The summed E-state index contributed by atoms with van der Waals surface area (Å²) >= 11 is 5.97. The molecule has 0 saturated carbocycles. The number of aromatic nitrogens is 2. The highest BCUT2D eigenvalue weighted by atomic mass is 35.5. The molecule has 3 rings (SSSR count). The maximum absolute atomic E-state index is 14.0. The van der Waals surface area contributed by atoms with E-state index in [0.717, 1.165) is 25.2 Å². The second kappa shape index (κ2) is 4.62. The Bertz CT molecular complexity index is 602. The molecule has 2 heterocycles. The van der Waals surface area contributed by atoms with Crippen LogP contribution in [0.3, 0.4) is 0 Å². The summed E-state index contributed by atoms with van der Waals surface area (Å²) in [5.41, 5.74) is 1.44. The zero-order valence-electron chi connectivity index (χ0n) is 10.7. The topological polar surface area (TPSA) is 29.9 Å². The van der Waals surface area contributed by atoms with E-state index in [1.54, 1.807) is 23.0 Å². The van der Waals surface area contributed by atoms with Gasteiger partial charge < -0.3 is 5.32 Å². The van der Waals surface area contributed by atoms with E-state index in [-0.39, 0.29) is 11.2 Å². The van der Waals surface area contributed by atoms with Gasteiger partial charge >= 0.3 is 0 Å². The second-order valence-corrected chi connectivity index (χ2v) is 5.67. The highest BCUT2D eigenvalue weighted by molar-refractivity contribution is 6.30. The van der Waals surface area contributed by atoms with Crippen LogP contribution in [0.1, 0.15) is 19.0 Å². The lowest BCUT2D eigenvalue weighted by Crippen LogP contribution is -2.27. The average Bonchev–Trinajstić information content (AvgIpc) is 3.01. The van der Waals surface area contributed by atoms with Gasteiger partial charge in [-0.25, -0.2) is 9.37 Å². The van der Waals surface area contributed by atoms with E-state index in [1.165, 1.54) is 6.07 Å². The van der Waals surface area contributed by atoms with Crippen LogP contribution in [0.4, 0.5) is 4.39 Å². The van der Waals surface area contributed by atoms with Crippen molar-refractivity contribution in [3.05, 3.63) is 47.3 Å². The summed E-state index contributed by atoms with van der Waals surface area (Å²) in [6, 6.07) is 4.57. The molecule has 1 unspecified atom stereocenters. The third-order valence-electron chi connectivity index (χ3n) is 3.79. The molecule has 1 aliphatic heterocycles. The van der Waals surface area contributed by atoms with Crippen molar-refractivity contribution in [2.24, 2.45) is 0 Å². The molecule has 1 saturated heterocycles. The molecule has 1 fully saturated rings. The third-order valence-corrected chi connectivity index (χ3v) is 4.03. The van der Waals surface area contributed by atoms with Crippen LogP contribution in [0.15, 0.2) is 30.7 Å². The maximum atomic E-state index is 14.0. The van der Waals surface area contributed by atoms with E-state index < -0.39 is 0 Å². The van der Waals surface area contributed by atoms with Gasteiger partial charge in [-0.1, -0.05) is 18.5 Å². The molecule has 1 aliphatic rings. The van der Waals surface area contributed by atoms with Gasteiger partial charge in [0.15, 0.2) is 0 Å². The number of nitrogens with zero attached hydrogens (tertiary/aromatic N) is 2.